The summed E-state index contributed by atoms with van der Waals surface area (Å²) in [6.07, 6.45) is 2.87. The Bertz CT molecular complexity index is 514. The number of carboxylic acid groups (broad SMARTS) is 1. The van der Waals surface area contributed by atoms with Crippen LogP contribution in [0.4, 0.5) is 4.79 Å². The van der Waals surface area contributed by atoms with Crippen molar-refractivity contribution < 1.29 is 14.7 Å². The molecule has 0 aliphatic heterocycles. The fourth-order valence-corrected chi connectivity index (χ4v) is 2.38. The van der Waals surface area contributed by atoms with E-state index in [4.69, 9.17) is 0 Å². The largest absolute Gasteiger partial charge is 0.479 e. The highest BCUT2D eigenvalue weighted by Gasteiger charge is 2.40. The molecular formula is C16H22N2O3. The highest BCUT2D eigenvalue weighted by atomic mass is 16.4. The van der Waals surface area contributed by atoms with Crippen LogP contribution in [0.25, 0.3) is 0 Å². The molecule has 0 aromatic heterocycles. The van der Waals surface area contributed by atoms with Gasteiger partial charge in [-0.15, -0.1) is 0 Å². The Labute approximate surface area is 125 Å². The molecule has 1 aliphatic carbocycles. The number of nitrogens with zero attached hydrogens (tertiary/aromatic N) is 1. The first-order chi connectivity index (χ1) is 9.99. The molecule has 1 saturated carbocycles. The minimum atomic E-state index is -1.42. The molecule has 2 N–H and O–H groups in total. The SMILES string of the molecule is CCCN(C(=O)NC(C)(C(=O)O)c1ccccc1)C1CC1. The molecule has 2 amide bonds. The van der Waals surface area contributed by atoms with Crippen molar-refractivity contribution in [2.45, 2.75) is 44.7 Å². The number of urea groups is 1. The summed E-state index contributed by atoms with van der Waals surface area (Å²) in [7, 11) is 0. The minimum absolute atomic E-state index is 0.263. The number of aliphatic carboxylic acids is 1. The zero-order valence-electron chi connectivity index (χ0n) is 12.5. The van der Waals surface area contributed by atoms with Gasteiger partial charge in [0.05, 0.1) is 0 Å². The summed E-state index contributed by atoms with van der Waals surface area (Å²) in [6, 6.07) is 8.76. The molecule has 2 rings (SSSR count). The van der Waals surface area contributed by atoms with E-state index in [0.717, 1.165) is 19.3 Å². The molecule has 21 heavy (non-hydrogen) atoms. The van der Waals surface area contributed by atoms with E-state index >= 15 is 0 Å². The third-order valence-corrected chi connectivity index (χ3v) is 3.85. The highest BCUT2D eigenvalue weighted by molar-refractivity contribution is 5.87. The summed E-state index contributed by atoms with van der Waals surface area (Å²) in [5.41, 5.74) is -0.850. The maximum absolute atomic E-state index is 12.5. The van der Waals surface area contributed by atoms with E-state index in [-0.39, 0.29) is 12.1 Å². The first-order valence-electron chi connectivity index (χ1n) is 7.36. The fraction of sp³-hybridized carbons (Fsp3) is 0.500. The van der Waals surface area contributed by atoms with E-state index in [1.54, 1.807) is 29.2 Å². The Morgan fingerprint density at radius 1 is 1.33 bits per heavy atom. The lowest BCUT2D eigenvalue weighted by Crippen LogP contribution is -2.54. The molecule has 1 fully saturated rings. The van der Waals surface area contributed by atoms with Crippen LogP contribution < -0.4 is 5.32 Å². The van der Waals surface area contributed by atoms with Crippen LogP contribution in [0.2, 0.25) is 0 Å². The molecule has 0 saturated heterocycles. The number of hydrogen-bond donors (Lipinski definition) is 2. The molecular weight excluding hydrogens is 268 g/mol. The standard InChI is InChI=1S/C16H22N2O3/c1-3-11-18(13-9-10-13)15(21)17-16(2,14(19)20)12-7-5-4-6-8-12/h4-8,13H,3,9-11H2,1-2H3,(H,17,21)(H,19,20). The number of carbonyl (C=O) groups is 2. The van der Waals surface area contributed by atoms with E-state index < -0.39 is 11.5 Å². The molecule has 0 spiro atoms. The second-order valence-corrected chi connectivity index (χ2v) is 5.65. The lowest BCUT2D eigenvalue weighted by atomic mass is 9.92. The van der Waals surface area contributed by atoms with Gasteiger partial charge in [0.15, 0.2) is 5.54 Å². The van der Waals surface area contributed by atoms with E-state index in [1.807, 2.05) is 13.0 Å². The fourth-order valence-electron chi connectivity index (χ4n) is 2.38. The average molecular weight is 290 g/mol. The van der Waals surface area contributed by atoms with Crippen LogP contribution in [0.15, 0.2) is 30.3 Å². The van der Waals surface area contributed by atoms with E-state index in [9.17, 15) is 14.7 Å². The summed E-state index contributed by atoms with van der Waals surface area (Å²) in [4.78, 5) is 25.9. The van der Waals surface area contributed by atoms with Crippen molar-refractivity contribution >= 4 is 12.0 Å². The first-order valence-corrected chi connectivity index (χ1v) is 7.36. The number of hydrogen-bond acceptors (Lipinski definition) is 2. The highest BCUT2D eigenvalue weighted by Crippen LogP contribution is 2.28. The molecule has 1 atom stereocenters. The number of benzene rings is 1. The Balaban J connectivity index is 2.19. The third kappa shape index (κ3) is 3.35. The van der Waals surface area contributed by atoms with Crippen molar-refractivity contribution in [1.29, 1.82) is 0 Å². The third-order valence-electron chi connectivity index (χ3n) is 3.85. The summed E-state index contributed by atoms with van der Waals surface area (Å²) in [6.45, 7) is 4.19. The molecule has 5 heteroatoms. The van der Waals surface area contributed by atoms with Gasteiger partial charge in [0.25, 0.3) is 0 Å². The molecule has 1 aliphatic rings. The van der Waals surface area contributed by atoms with Crippen LogP contribution in [0.5, 0.6) is 0 Å². The number of carbonyl (C=O) groups excluding carboxylic acids is 1. The molecule has 1 aromatic rings. The number of rotatable bonds is 6. The van der Waals surface area contributed by atoms with Gasteiger partial charge in [-0.05, 0) is 31.7 Å². The van der Waals surface area contributed by atoms with Crippen molar-refractivity contribution in [3.63, 3.8) is 0 Å². The van der Waals surface area contributed by atoms with Crippen LogP contribution >= 0.6 is 0 Å². The van der Waals surface area contributed by atoms with Gasteiger partial charge in [0, 0.05) is 12.6 Å². The lowest BCUT2D eigenvalue weighted by Gasteiger charge is -2.31. The zero-order valence-corrected chi connectivity index (χ0v) is 12.5. The van der Waals surface area contributed by atoms with Gasteiger partial charge in [-0.2, -0.15) is 0 Å². The Kier molecular flexibility index (Phi) is 4.50. The van der Waals surface area contributed by atoms with Crippen molar-refractivity contribution in [1.82, 2.24) is 10.2 Å². The van der Waals surface area contributed by atoms with E-state index in [1.165, 1.54) is 6.92 Å². The summed E-state index contributed by atoms with van der Waals surface area (Å²) in [5, 5.41) is 12.3. The molecule has 5 nitrogen and oxygen atoms in total. The van der Waals surface area contributed by atoms with E-state index in [2.05, 4.69) is 5.32 Å². The van der Waals surface area contributed by atoms with Crippen LogP contribution in [0.3, 0.4) is 0 Å². The van der Waals surface area contributed by atoms with Gasteiger partial charge < -0.3 is 15.3 Å². The molecule has 0 radical (unpaired) electrons. The Morgan fingerprint density at radius 3 is 2.43 bits per heavy atom. The molecule has 0 heterocycles. The van der Waals surface area contributed by atoms with Crippen LogP contribution in [0.1, 0.15) is 38.7 Å². The van der Waals surface area contributed by atoms with Crippen LogP contribution in [-0.2, 0) is 10.3 Å². The Morgan fingerprint density at radius 2 is 1.95 bits per heavy atom. The number of carboxylic acids is 1. The van der Waals surface area contributed by atoms with Gasteiger partial charge in [0.1, 0.15) is 0 Å². The molecule has 1 unspecified atom stereocenters. The predicted octanol–water partition coefficient (Wildman–Crippen LogP) is 2.57. The topological polar surface area (TPSA) is 69.6 Å². The first kappa shape index (κ1) is 15.4. The normalized spacial score (nSPS) is 16.9. The van der Waals surface area contributed by atoms with Gasteiger partial charge >= 0.3 is 12.0 Å². The smallest absolute Gasteiger partial charge is 0.333 e. The zero-order chi connectivity index (χ0) is 15.5. The second-order valence-electron chi connectivity index (χ2n) is 5.65. The quantitative estimate of drug-likeness (QED) is 0.846. The summed E-state index contributed by atoms with van der Waals surface area (Å²) in [5.74, 6) is -1.06. The minimum Gasteiger partial charge on any atom is -0.479 e. The molecule has 114 valence electrons. The summed E-state index contributed by atoms with van der Waals surface area (Å²) >= 11 is 0. The van der Waals surface area contributed by atoms with Crippen molar-refractivity contribution in [3.8, 4) is 0 Å². The van der Waals surface area contributed by atoms with Crippen molar-refractivity contribution in [2.75, 3.05) is 6.54 Å². The lowest BCUT2D eigenvalue weighted by molar-refractivity contribution is -0.144. The summed E-state index contributed by atoms with van der Waals surface area (Å²) < 4.78 is 0. The van der Waals surface area contributed by atoms with Crippen LogP contribution in [-0.4, -0.2) is 34.6 Å². The van der Waals surface area contributed by atoms with Gasteiger partial charge in [-0.3, -0.25) is 0 Å². The van der Waals surface area contributed by atoms with Gasteiger partial charge in [-0.1, -0.05) is 37.3 Å². The maximum Gasteiger partial charge on any atom is 0.333 e. The monoisotopic (exact) mass is 290 g/mol. The Hall–Kier alpha value is -2.04. The molecule has 0 bridgehead atoms. The second kappa shape index (κ2) is 6.16. The molecule has 1 aromatic carbocycles. The predicted molar refractivity (Wildman–Crippen MR) is 80.0 cm³/mol. The number of nitrogens with one attached hydrogen (secondary N) is 1. The van der Waals surface area contributed by atoms with Gasteiger partial charge in [-0.25, -0.2) is 9.59 Å². The van der Waals surface area contributed by atoms with Crippen molar-refractivity contribution in [3.05, 3.63) is 35.9 Å². The van der Waals surface area contributed by atoms with E-state index in [0.29, 0.717) is 12.1 Å². The average Bonchev–Trinajstić information content (AvgIpc) is 3.29. The van der Waals surface area contributed by atoms with Gasteiger partial charge in [0.2, 0.25) is 0 Å². The van der Waals surface area contributed by atoms with Crippen LogP contribution in [0, 0.1) is 0 Å². The van der Waals surface area contributed by atoms with Crippen molar-refractivity contribution in [2.24, 2.45) is 0 Å². The number of amides is 2. The maximum atomic E-state index is 12.5.